The first-order chi connectivity index (χ1) is 11.2. The molecule has 1 amide bonds. The molecular formula is C18H20ClNO3. The summed E-state index contributed by atoms with van der Waals surface area (Å²) in [6.45, 7) is 3.04. The molecule has 0 unspecified atom stereocenters. The van der Waals surface area contributed by atoms with E-state index in [2.05, 4.69) is 5.32 Å². The van der Waals surface area contributed by atoms with Crippen LogP contribution in [0.4, 0.5) is 5.69 Å². The minimum Gasteiger partial charge on any atom is -0.494 e. The summed E-state index contributed by atoms with van der Waals surface area (Å²) in [5.74, 6) is 1.51. The second-order valence-electron chi connectivity index (χ2n) is 4.91. The van der Waals surface area contributed by atoms with Gasteiger partial charge in [-0.25, -0.2) is 0 Å². The maximum atomic E-state index is 11.9. The quantitative estimate of drug-likeness (QED) is 0.722. The molecule has 0 radical (unpaired) electrons. The number of hydrogen-bond acceptors (Lipinski definition) is 3. The van der Waals surface area contributed by atoms with E-state index in [0.29, 0.717) is 31.1 Å². The zero-order valence-electron chi connectivity index (χ0n) is 13.0. The topological polar surface area (TPSA) is 47.6 Å². The Bertz CT molecular complexity index is 611. The smallest absolute Gasteiger partial charge is 0.224 e. The van der Waals surface area contributed by atoms with Crippen molar-refractivity contribution < 1.29 is 14.3 Å². The fourth-order valence-corrected chi connectivity index (χ4v) is 2.10. The lowest BCUT2D eigenvalue weighted by molar-refractivity contribution is -0.116. The zero-order valence-corrected chi connectivity index (χ0v) is 13.8. The molecule has 0 aliphatic rings. The number of nitrogens with one attached hydrogen (secondary N) is 1. The predicted octanol–water partition coefficient (Wildman–Crippen LogP) is 4.54. The van der Waals surface area contributed by atoms with E-state index in [0.717, 1.165) is 17.2 Å². The van der Waals surface area contributed by atoms with Gasteiger partial charge in [0.05, 0.1) is 13.2 Å². The Morgan fingerprint density at radius 1 is 1.00 bits per heavy atom. The van der Waals surface area contributed by atoms with Crippen LogP contribution in [0.3, 0.4) is 0 Å². The summed E-state index contributed by atoms with van der Waals surface area (Å²) in [7, 11) is 0. The molecule has 0 aliphatic carbocycles. The Morgan fingerprint density at radius 3 is 2.26 bits per heavy atom. The van der Waals surface area contributed by atoms with Crippen LogP contribution in [-0.2, 0) is 4.79 Å². The van der Waals surface area contributed by atoms with Gasteiger partial charge in [-0.1, -0.05) is 11.6 Å². The Balaban J connectivity index is 1.67. The molecule has 122 valence electrons. The highest BCUT2D eigenvalue weighted by atomic mass is 35.5. The Hall–Kier alpha value is -2.20. The molecule has 0 aromatic heterocycles. The highest BCUT2D eigenvalue weighted by Gasteiger charge is 2.03. The monoisotopic (exact) mass is 333 g/mol. The molecule has 0 fully saturated rings. The Kier molecular flexibility index (Phi) is 6.76. The van der Waals surface area contributed by atoms with Gasteiger partial charge in [0.2, 0.25) is 5.91 Å². The van der Waals surface area contributed by atoms with Crippen molar-refractivity contribution >= 4 is 23.2 Å². The average molecular weight is 334 g/mol. The van der Waals surface area contributed by atoms with Gasteiger partial charge in [-0.3, -0.25) is 4.79 Å². The van der Waals surface area contributed by atoms with E-state index in [1.807, 2.05) is 43.3 Å². The number of benzene rings is 2. The van der Waals surface area contributed by atoms with Crippen LogP contribution < -0.4 is 14.8 Å². The molecule has 0 atom stereocenters. The summed E-state index contributed by atoms with van der Waals surface area (Å²) >= 11 is 5.80. The highest BCUT2D eigenvalue weighted by Crippen LogP contribution is 2.17. The van der Waals surface area contributed by atoms with Crippen LogP contribution in [0.25, 0.3) is 0 Å². The fourth-order valence-electron chi connectivity index (χ4n) is 1.98. The molecule has 2 rings (SSSR count). The van der Waals surface area contributed by atoms with Crippen LogP contribution in [-0.4, -0.2) is 19.1 Å². The van der Waals surface area contributed by atoms with Crippen molar-refractivity contribution in [2.75, 3.05) is 18.5 Å². The third-order valence-electron chi connectivity index (χ3n) is 3.08. The van der Waals surface area contributed by atoms with Crippen LogP contribution >= 0.6 is 11.6 Å². The number of amides is 1. The van der Waals surface area contributed by atoms with Crippen LogP contribution in [0.5, 0.6) is 11.5 Å². The van der Waals surface area contributed by atoms with E-state index in [9.17, 15) is 4.79 Å². The molecule has 0 saturated heterocycles. The Labute approximate surface area is 141 Å². The van der Waals surface area contributed by atoms with Crippen LogP contribution in [0.15, 0.2) is 48.5 Å². The van der Waals surface area contributed by atoms with E-state index < -0.39 is 0 Å². The third-order valence-corrected chi connectivity index (χ3v) is 3.33. The highest BCUT2D eigenvalue weighted by molar-refractivity contribution is 6.30. The van der Waals surface area contributed by atoms with E-state index in [-0.39, 0.29) is 5.91 Å². The largest absolute Gasteiger partial charge is 0.494 e. The third kappa shape index (κ3) is 6.20. The predicted molar refractivity (Wildman–Crippen MR) is 92.4 cm³/mol. The molecule has 23 heavy (non-hydrogen) atoms. The van der Waals surface area contributed by atoms with Gasteiger partial charge in [-0.15, -0.1) is 0 Å². The lowest BCUT2D eigenvalue weighted by Gasteiger charge is -2.08. The van der Waals surface area contributed by atoms with Gasteiger partial charge in [0, 0.05) is 17.1 Å². The molecule has 0 aliphatic heterocycles. The number of rotatable bonds is 8. The molecule has 2 aromatic rings. The standard InChI is InChI=1S/C18H20ClNO3/c1-2-22-16-11-7-15(8-12-16)20-18(21)4-3-13-23-17-9-5-14(19)6-10-17/h5-12H,2-4,13H2,1H3,(H,20,21). The van der Waals surface area contributed by atoms with Crippen molar-refractivity contribution in [3.8, 4) is 11.5 Å². The lowest BCUT2D eigenvalue weighted by Crippen LogP contribution is -2.12. The van der Waals surface area contributed by atoms with E-state index in [1.54, 1.807) is 12.1 Å². The fraction of sp³-hybridized carbons (Fsp3) is 0.278. The summed E-state index contributed by atoms with van der Waals surface area (Å²) < 4.78 is 10.9. The number of carbonyl (C=O) groups excluding carboxylic acids is 1. The van der Waals surface area contributed by atoms with E-state index >= 15 is 0 Å². The van der Waals surface area contributed by atoms with E-state index in [4.69, 9.17) is 21.1 Å². The van der Waals surface area contributed by atoms with Crippen molar-refractivity contribution in [3.63, 3.8) is 0 Å². The van der Waals surface area contributed by atoms with Crippen LogP contribution in [0, 0.1) is 0 Å². The molecule has 0 bridgehead atoms. The van der Waals surface area contributed by atoms with E-state index in [1.165, 1.54) is 0 Å². The zero-order chi connectivity index (χ0) is 16.5. The van der Waals surface area contributed by atoms with Crippen molar-refractivity contribution in [2.45, 2.75) is 19.8 Å². The van der Waals surface area contributed by atoms with Gasteiger partial charge in [-0.05, 0) is 61.9 Å². The van der Waals surface area contributed by atoms with Crippen molar-refractivity contribution in [3.05, 3.63) is 53.6 Å². The molecule has 5 heteroatoms. The maximum Gasteiger partial charge on any atom is 0.224 e. The number of ether oxygens (including phenoxy) is 2. The summed E-state index contributed by atoms with van der Waals surface area (Å²) in [5, 5.41) is 3.52. The van der Waals surface area contributed by atoms with Crippen LogP contribution in [0.1, 0.15) is 19.8 Å². The first kappa shape index (κ1) is 17.2. The summed E-state index contributed by atoms with van der Waals surface area (Å²) in [4.78, 5) is 11.9. The molecule has 4 nitrogen and oxygen atoms in total. The van der Waals surface area contributed by atoms with Crippen molar-refractivity contribution in [1.82, 2.24) is 0 Å². The Morgan fingerprint density at radius 2 is 1.61 bits per heavy atom. The van der Waals surface area contributed by atoms with Gasteiger partial charge >= 0.3 is 0 Å². The molecule has 0 saturated carbocycles. The van der Waals surface area contributed by atoms with Crippen LogP contribution in [0.2, 0.25) is 5.02 Å². The minimum absolute atomic E-state index is 0.0335. The second kappa shape index (κ2) is 9.06. The maximum absolute atomic E-state index is 11.9. The van der Waals surface area contributed by atoms with Crippen molar-refractivity contribution in [1.29, 1.82) is 0 Å². The number of carbonyl (C=O) groups is 1. The first-order valence-corrected chi connectivity index (χ1v) is 7.96. The molecular weight excluding hydrogens is 314 g/mol. The normalized spacial score (nSPS) is 10.2. The molecule has 1 N–H and O–H groups in total. The molecule has 2 aromatic carbocycles. The van der Waals surface area contributed by atoms with Crippen molar-refractivity contribution in [2.24, 2.45) is 0 Å². The van der Waals surface area contributed by atoms with Gasteiger partial charge in [0.25, 0.3) is 0 Å². The average Bonchev–Trinajstić information content (AvgIpc) is 2.55. The van der Waals surface area contributed by atoms with Gasteiger partial charge < -0.3 is 14.8 Å². The van der Waals surface area contributed by atoms with Gasteiger partial charge in [0.15, 0.2) is 0 Å². The molecule has 0 spiro atoms. The SMILES string of the molecule is CCOc1ccc(NC(=O)CCCOc2ccc(Cl)cc2)cc1. The lowest BCUT2D eigenvalue weighted by atomic mass is 10.2. The number of hydrogen-bond donors (Lipinski definition) is 1. The van der Waals surface area contributed by atoms with Gasteiger partial charge in [0.1, 0.15) is 11.5 Å². The van der Waals surface area contributed by atoms with Gasteiger partial charge in [-0.2, -0.15) is 0 Å². The number of anilines is 1. The summed E-state index contributed by atoms with van der Waals surface area (Å²) in [6, 6.07) is 14.5. The second-order valence-corrected chi connectivity index (χ2v) is 5.35. The minimum atomic E-state index is -0.0335. The first-order valence-electron chi connectivity index (χ1n) is 7.58. The molecule has 0 heterocycles. The number of halogens is 1. The summed E-state index contributed by atoms with van der Waals surface area (Å²) in [5.41, 5.74) is 0.761. The summed E-state index contributed by atoms with van der Waals surface area (Å²) in [6.07, 6.45) is 1.05.